The molecule has 1 aromatic rings. The third kappa shape index (κ3) is 4.37. The monoisotopic (exact) mass is 450 g/mol. The van der Waals surface area contributed by atoms with Crippen molar-refractivity contribution in [2.24, 2.45) is 11.8 Å². The highest BCUT2D eigenvalue weighted by atomic mass is 32.2. The largest absolute Gasteiger partial charge is 0.396 e. The molecule has 0 aromatic carbocycles. The van der Waals surface area contributed by atoms with E-state index < -0.39 is 20.5 Å². The van der Waals surface area contributed by atoms with E-state index in [1.165, 1.54) is 28.6 Å². The Morgan fingerprint density at radius 1 is 1.43 bits per heavy atom. The van der Waals surface area contributed by atoms with E-state index in [2.05, 4.69) is 23.7 Å². The zero-order valence-corrected chi connectivity index (χ0v) is 18.2. The first-order valence-corrected chi connectivity index (χ1v) is 12.0. The van der Waals surface area contributed by atoms with Gasteiger partial charge in [-0.15, -0.1) is 11.3 Å². The van der Waals surface area contributed by atoms with Gasteiger partial charge in [0.2, 0.25) is 0 Å². The Morgan fingerprint density at radius 2 is 2.17 bits per heavy atom. The Hall–Kier alpha value is -2.37. The first kappa shape index (κ1) is 22.3. The van der Waals surface area contributed by atoms with Gasteiger partial charge in [0, 0.05) is 31.9 Å². The first-order chi connectivity index (χ1) is 14.1. The molecule has 1 aliphatic heterocycles. The van der Waals surface area contributed by atoms with Crippen molar-refractivity contribution in [3.8, 4) is 23.7 Å². The second-order valence-corrected chi connectivity index (χ2v) is 11.2. The fourth-order valence-electron chi connectivity index (χ4n) is 3.17. The standard InChI is InChI=1S/C20H22N2O6S2/c1-20(19(25)21-26,30(2,27)28)7-8-22-11-14-10-16(29-17(14)18(22)24)6-4-3-5-13-9-15(13)12-23/h10,13,15,23,26H,7-9,11-12H2,1-2H3,(H,21,25)/t13-,15+,20-/m1/s1. The second kappa shape index (κ2) is 8.40. The fraction of sp³-hybridized carbons (Fsp3) is 0.500. The van der Waals surface area contributed by atoms with E-state index in [1.54, 1.807) is 0 Å². The van der Waals surface area contributed by atoms with Gasteiger partial charge in [-0.3, -0.25) is 14.8 Å². The molecular weight excluding hydrogens is 428 g/mol. The molecule has 160 valence electrons. The van der Waals surface area contributed by atoms with Crippen LogP contribution in [0.2, 0.25) is 0 Å². The minimum absolute atomic E-state index is 0.0527. The third-order valence-electron chi connectivity index (χ3n) is 5.57. The topological polar surface area (TPSA) is 124 Å². The maximum atomic E-state index is 12.6. The minimum Gasteiger partial charge on any atom is -0.396 e. The highest BCUT2D eigenvalue weighted by molar-refractivity contribution is 7.92. The lowest BCUT2D eigenvalue weighted by atomic mass is 10.1. The molecule has 3 rings (SSSR count). The molecule has 3 N–H and O–H groups in total. The number of thiophene rings is 1. The summed E-state index contributed by atoms with van der Waals surface area (Å²) >= 11 is 1.25. The Labute approximate surface area is 179 Å². The molecule has 1 saturated carbocycles. The highest BCUT2D eigenvalue weighted by Gasteiger charge is 2.44. The average molecular weight is 451 g/mol. The van der Waals surface area contributed by atoms with Gasteiger partial charge in [0.15, 0.2) is 14.6 Å². The van der Waals surface area contributed by atoms with E-state index >= 15 is 0 Å². The van der Waals surface area contributed by atoms with Gasteiger partial charge in [0.1, 0.15) is 0 Å². The number of fused-ring (bicyclic) bond motifs is 1. The molecule has 2 heterocycles. The molecule has 3 atom stereocenters. The summed E-state index contributed by atoms with van der Waals surface area (Å²) in [6, 6.07) is 1.82. The number of aliphatic hydroxyl groups is 1. The predicted octanol–water partition coefficient (Wildman–Crippen LogP) is 0.386. The normalized spacial score (nSPS) is 21.6. The van der Waals surface area contributed by atoms with Crippen LogP contribution in [0.25, 0.3) is 0 Å². The molecule has 0 unspecified atom stereocenters. The summed E-state index contributed by atoms with van der Waals surface area (Å²) in [7, 11) is -3.82. The van der Waals surface area contributed by atoms with Crippen LogP contribution in [0.5, 0.6) is 0 Å². The van der Waals surface area contributed by atoms with Gasteiger partial charge in [-0.2, -0.15) is 0 Å². The van der Waals surface area contributed by atoms with Crippen molar-refractivity contribution in [2.75, 3.05) is 19.4 Å². The number of nitrogens with zero attached hydrogens (tertiary/aromatic N) is 1. The molecule has 10 heteroatoms. The zero-order valence-electron chi connectivity index (χ0n) is 16.6. The molecule has 0 bridgehead atoms. The lowest BCUT2D eigenvalue weighted by molar-refractivity contribution is -0.131. The summed E-state index contributed by atoms with van der Waals surface area (Å²) in [6.07, 6.45) is 1.68. The zero-order chi connectivity index (χ0) is 22.1. The van der Waals surface area contributed by atoms with Crippen LogP contribution in [-0.4, -0.2) is 59.6 Å². The first-order valence-electron chi connectivity index (χ1n) is 9.29. The van der Waals surface area contributed by atoms with Crippen LogP contribution in [0.3, 0.4) is 0 Å². The van der Waals surface area contributed by atoms with Gasteiger partial charge in [-0.1, -0.05) is 5.92 Å². The van der Waals surface area contributed by atoms with Crippen LogP contribution in [0.4, 0.5) is 0 Å². The summed E-state index contributed by atoms with van der Waals surface area (Å²) in [5.74, 6) is 10.7. The van der Waals surface area contributed by atoms with Gasteiger partial charge < -0.3 is 10.0 Å². The third-order valence-corrected chi connectivity index (χ3v) is 8.68. The number of hydroxylamine groups is 1. The summed E-state index contributed by atoms with van der Waals surface area (Å²) in [6.45, 7) is 1.73. The molecule has 1 aromatic heterocycles. The van der Waals surface area contributed by atoms with Crippen molar-refractivity contribution < 1.29 is 28.3 Å². The second-order valence-electron chi connectivity index (χ2n) is 7.69. The van der Waals surface area contributed by atoms with Crippen molar-refractivity contribution in [1.29, 1.82) is 0 Å². The molecule has 8 nitrogen and oxygen atoms in total. The Bertz CT molecular complexity index is 1100. The van der Waals surface area contributed by atoms with Gasteiger partial charge in [-0.25, -0.2) is 13.9 Å². The highest BCUT2D eigenvalue weighted by Crippen LogP contribution is 2.37. The summed E-state index contributed by atoms with van der Waals surface area (Å²) in [5, 5.41) is 17.9. The van der Waals surface area contributed by atoms with E-state index in [0.29, 0.717) is 11.4 Å². The number of hydrogen-bond donors (Lipinski definition) is 3. The van der Waals surface area contributed by atoms with E-state index in [0.717, 1.165) is 23.1 Å². The van der Waals surface area contributed by atoms with E-state index in [4.69, 9.17) is 10.3 Å². The number of amides is 2. The predicted molar refractivity (Wildman–Crippen MR) is 110 cm³/mol. The van der Waals surface area contributed by atoms with E-state index in [-0.39, 0.29) is 37.3 Å². The quantitative estimate of drug-likeness (QED) is 0.327. The Morgan fingerprint density at radius 3 is 2.73 bits per heavy atom. The fourth-order valence-corrected chi connectivity index (χ4v) is 5.01. The maximum Gasteiger partial charge on any atom is 0.264 e. The molecule has 2 aliphatic rings. The van der Waals surface area contributed by atoms with Crippen molar-refractivity contribution in [3.05, 3.63) is 21.4 Å². The van der Waals surface area contributed by atoms with Crippen molar-refractivity contribution in [3.63, 3.8) is 0 Å². The smallest absolute Gasteiger partial charge is 0.264 e. The number of hydrogen-bond acceptors (Lipinski definition) is 7. The lowest BCUT2D eigenvalue weighted by Gasteiger charge is -2.27. The number of carbonyl (C=O) groups excluding carboxylic acids is 2. The number of rotatable bonds is 6. The maximum absolute atomic E-state index is 12.6. The summed E-state index contributed by atoms with van der Waals surface area (Å²) in [5.41, 5.74) is 2.20. The van der Waals surface area contributed by atoms with Crippen LogP contribution in [0.15, 0.2) is 6.07 Å². The van der Waals surface area contributed by atoms with Crippen LogP contribution in [0, 0.1) is 35.5 Å². The number of nitrogens with one attached hydrogen (secondary N) is 1. The molecule has 1 fully saturated rings. The SMILES string of the molecule is C[C@@](CCN1Cc2cc(C#CC#C[C@@H]3C[C@H]3CO)sc2C1=O)(C(=O)NO)S(C)(=O)=O. The summed E-state index contributed by atoms with van der Waals surface area (Å²) in [4.78, 5) is 27.3. The van der Waals surface area contributed by atoms with Gasteiger partial charge in [-0.05, 0) is 55.1 Å². The van der Waals surface area contributed by atoms with E-state index in [9.17, 15) is 18.0 Å². The van der Waals surface area contributed by atoms with Crippen LogP contribution in [-0.2, 0) is 21.2 Å². The minimum atomic E-state index is -3.82. The Kier molecular flexibility index (Phi) is 6.25. The Balaban J connectivity index is 1.63. The molecule has 0 spiro atoms. The van der Waals surface area contributed by atoms with Crippen LogP contribution < -0.4 is 5.48 Å². The number of aliphatic hydroxyl groups excluding tert-OH is 1. The van der Waals surface area contributed by atoms with Crippen molar-refractivity contribution >= 4 is 33.0 Å². The molecule has 1 aliphatic carbocycles. The molecule has 30 heavy (non-hydrogen) atoms. The van der Waals surface area contributed by atoms with Crippen molar-refractivity contribution in [2.45, 2.75) is 31.1 Å². The van der Waals surface area contributed by atoms with Gasteiger partial charge in [0.05, 0.1) is 9.75 Å². The van der Waals surface area contributed by atoms with Gasteiger partial charge >= 0.3 is 0 Å². The van der Waals surface area contributed by atoms with Crippen molar-refractivity contribution in [1.82, 2.24) is 10.4 Å². The van der Waals surface area contributed by atoms with Gasteiger partial charge in [0.25, 0.3) is 11.8 Å². The van der Waals surface area contributed by atoms with Crippen LogP contribution >= 0.6 is 11.3 Å². The molecule has 0 radical (unpaired) electrons. The average Bonchev–Trinajstić information content (AvgIpc) is 3.25. The number of carbonyl (C=O) groups is 2. The summed E-state index contributed by atoms with van der Waals surface area (Å²) < 4.78 is 22.3. The van der Waals surface area contributed by atoms with E-state index in [1.807, 2.05) is 6.07 Å². The number of sulfone groups is 1. The molecule has 0 saturated heterocycles. The molecule has 2 amide bonds. The lowest BCUT2D eigenvalue weighted by Crippen LogP contribution is -2.50. The van der Waals surface area contributed by atoms with Crippen LogP contribution in [0.1, 0.15) is 39.9 Å². The molecular formula is C20H22N2O6S2.